The predicted octanol–water partition coefficient (Wildman–Crippen LogP) is 2.74. The van der Waals surface area contributed by atoms with E-state index in [-0.39, 0.29) is 17.3 Å². The topological polar surface area (TPSA) is 102 Å². The quantitative estimate of drug-likeness (QED) is 0.682. The van der Waals surface area contributed by atoms with Gasteiger partial charge in [0.25, 0.3) is 5.91 Å². The van der Waals surface area contributed by atoms with Gasteiger partial charge in [-0.2, -0.15) is 4.31 Å². The summed E-state index contributed by atoms with van der Waals surface area (Å²) in [6.07, 6.45) is 3.26. The van der Waals surface area contributed by atoms with Crippen LogP contribution in [0.4, 0.5) is 5.13 Å². The Hall–Kier alpha value is -2.69. The number of amides is 1. The van der Waals surface area contributed by atoms with E-state index in [9.17, 15) is 13.2 Å². The summed E-state index contributed by atoms with van der Waals surface area (Å²) in [5.74, 6) is 0.280. The number of furan rings is 1. The van der Waals surface area contributed by atoms with Crippen molar-refractivity contribution in [2.45, 2.75) is 17.9 Å². The highest BCUT2D eigenvalue weighted by Gasteiger charge is 2.30. The average molecular weight is 419 g/mol. The van der Waals surface area contributed by atoms with E-state index in [0.29, 0.717) is 29.4 Å². The third kappa shape index (κ3) is 3.53. The fourth-order valence-electron chi connectivity index (χ4n) is 2.89. The standard InChI is InChI=1S/C18H17N3O5S2/c1-25-13-2-4-14(5-3-13)28(23,24)21-8-6-15-16(10-21)27-18(19-15)20-17(22)12-7-9-26-11-12/h2-5,7,9,11H,6,8,10H2,1H3,(H,19,20,22). The molecule has 0 atom stereocenters. The van der Waals surface area contributed by atoms with Crippen molar-refractivity contribution in [1.29, 1.82) is 0 Å². The van der Waals surface area contributed by atoms with Crippen LogP contribution >= 0.6 is 11.3 Å². The lowest BCUT2D eigenvalue weighted by Crippen LogP contribution is -2.35. The Morgan fingerprint density at radius 1 is 1.29 bits per heavy atom. The summed E-state index contributed by atoms with van der Waals surface area (Å²) in [5, 5.41) is 3.17. The highest BCUT2D eigenvalue weighted by atomic mass is 32.2. The number of nitrogens with one attached hydrogen (secondary N) is 1. The maximum atomic E-state index is 12.9. The molecule has 4 rings (SSSR count). The molecule has 3 aromatic rings. The molecule has 0 unspecified atom stereocenters. The maximum absolute atomic E-state index is 12.9. The molecular weight excluding hydrogens is 402 g/mol. The van der Waals surface area contributed by atoms with Gasteiger partial charge >= 0.3 is 0 Å². The number of ether oxygens (including phenoxy) is 1. The van der Waals surface area contributed by atoms with Crippen molar-refractivity contribution < 1.29 is 22.4 Å². The van der Waals surface area contributed by atoms with Gasteiger partial charge < -0.3 is 9.15 Å². The zero-order chi connectivity index (χ0) is 19.7. The van der Waals surface area contributed by atoms with Gasteiger partial charge in [-0.3, -0.25) is 10.1 Å². The second-order valence-corrected chi connectivity index (χ2v) is 9.14. The molecule has 0 saturated carbocycles. The lowest BCUT2D eigenvalue weighted by Gasteiger charge is -2.25. The monoisotopic (exact) mass is 419 g/mol. The third-order valence-electron chi connectivity index (χ3n) is 4.40. The number of methoxy groups -OCH3 is 1. The Labute approximate surface area is 165 Å². The predicted molar refractivity (Wildman–Crippen MR) is 103 cm³/mol. The van der Waals surface area contributed by atoms with Crippen LogP contribution in [-0.2, 0) is 23.0 Å². The molecule has 28 heavy (non-hydrogen) atoms. The van der Waals surface area contributed by atoms with Gasteiger partial charge in [-0.15, -0.1) is 11.3 Å². The number of carbonyl (C=O) groups excluding carboxylic acids is 1. The Morgan fingerprint density at radius 2 is 2.07 bits per heavy atom. The number of sulfonamides is 1. The molecule has 3 heterocycles. The minimum Gasteiger partial charge on any atom is -0.497 e. The Balaban J connectivity index is 1.51. The first kappa shape index (κ1) is 18.7. The van der Waals surface area contributed by atoms with Crippen molar-refractivity contribution in [3.63, 3.8) is 0 Å². The molecule has 1 aliphatic heterocycles. The van der Waals surface area contributed by atoms with Gasteiger partial charge in [-0.05, 0) is 30.3 Å². The van der Waals surface area contributed by atoms with Crippen molar-refractivity contribution in [2.75, 3.05) is 19.0 Å². The largest absolute Gasteiger partial charge is 0.497 e. The van der Waals surface area contributed by atoms with E-state index in [1.54, 1.807) is 18.2 Å². The zero-order valence-corrected chi connectivity index (χ0v) is 16.5. The van der Waals surface area contributed by atoms with Crippen LogP contribution in [0, 0.1) is 0 Å². The first-order valence-electron chi connectivity index (χ1n) is 8.44. The van der Waals surface area contributed by atoms with Crippen molar-refractivity contribution >= 4 is 32.4 Å². The van der Waals surface area contributed by atoms with Crippen LogP contribution in [0.15, 0.2) is 52.2 Å². The second kappa shape index (κ2) is 7.38. The molecular formula is C18H17N3O5S2. The van der Waals surface area contributed by atoms with Crippen molar-refractivity contribution in [1.82, 2.24) is 9.29 Å². The summed E-state index contributed by atoms with van der Waals surface area (Å²) in [6, 6.07) is 7.88. The maximum Gasteiger partial charge on any atom is 0.260 e. The summed E-state index contributed by atoms with van der Waals surface area (Å²) in [4.78, 5) is 17.6. The number of carbonyl (C=O) groups is 1. The molecule has 1 aromatic carbocycles. The molecule has 0 aliphatic carbocycles. The van der Waals surface area contributed by atoms with Gasteiger partial charge in [0, 0.05) is 17.8 Å². The summed E-state index contributed by atoms with van der Waals surface area (Å²) in [7, 11) is -2.09. The summed E-state index contributed by atoms with van der Waals surface area (Å²) in [5.41, 5.74) is 1.21. The minimum absolute atomic E-state index is 0.217. The first-order valence-corrected chi connectivity index (χ1v) is 10.7. The molecule has 2 aromatic heterocycles. The number of thiazole rings is 1. The lowest BCUT2D eigenvalue weighted by atomic mass is 10.2. The van der Waals surface area contributed by atoms with Gasteiger partial charge in [0.05, 0.1) is 36.1 Å². The zero-order valence-electron chi connectivity index (χ0n) is 14.9. The normalized spacial score (nSPS) is 14.5. The van der Waals surface area contributed by atoms with Crippen molar-refractivity contribution in [3.05, 3.63) is 59.0 Å². The highest BCUT2D eigenvalue weighted by molar-refractivity contribution is 7.89. The molecule has 8 nitrogen and oxygen atoms in total. The Bertz CT molecular complexity index is 1090. The summed E-state index contributed by atoms with van der Waals surface area (Å²) >= 11 is 1.28. The molecule has 1 amide bonds. The summed E-state index contributed by atoms with van der Waals surface area (Å²) < 4.78 is 37.3. The van der Waals surface area contributed by atoms with E-state index in [1.807, 2.05) is 0 Å². The smallest absolute Gasteiger partial charge is 0.260 e. The molecule has 146 valence electrons. The first-order chi connectivity index (χ1) is 13.5. The minimum atomic E-state index is -3.62. The number of hydrogen-bond acceptors (Lipinski definition) is 7. The van der Waals surface area contributed by atoms with Crippen LogP contribution in [0.25, 0.3) is 0 Å². The van der Waals surface area contributed by atoms with Gasteiger partial charge in [-0.25, -0.2) is 13.4 Å². The number of aromatic nitrogens is 1. The second-order valence-electron chi connectivity index (χ2n) is 6.12. The number of rotatable bonds is 5. The van der Waals surface area contributed by atoms with Crippen LogP contribution in [0.1, 0.15) is 20.9 Å². The molecule has 0 spiro atoms. The molecule has 0 saturated heterocycles. The van der Waals surface area contributed by atoms with Crippen LogP contribution in [0.2, 0.25) is 0 Å². The summed E-state index contributed by atoms with van der Waals surface area (Å²) in [6.45, 7) is 0.559. The van der Waals surface area contributed by atoms with E-state index in [4.69, 9.17) is 9.15 Å². The number of anilines is 1. The van der Waals surface area contributed by atoms with Crippen LogP contribution < -0.4 is 10.1 Å². The van der Waals surface area contributed by atoms with Gasteiger partial charge in [-0.1, -0.05) is 0 Å². The van der Waals surface area contributed by atoms with Gasteiger partial charge in [0.15, 0.2) is 5.13 Å². The third-order valence-corrected chi connectivity index (χ3v) is 7.25. The number of nitrogens with zero attached hydrogens (tertiary/aromatic N) is 2. The molecule has 0 bridgehead atoms. The van der Waals surface area contributed by atoms with E-state index < -0.39 is 10.0 Å². The molecule has 1 aliphatic rings. The van der Waals surface area contributed by atoms with Gasteiger partial charge in [0.2, 0.25) is 10.0 Å². The van der Waals surface area contributed by atoms with Crippen LogP contribution in [-0.4, -0.2) is 37.3 Å². The Kier molecular flexibility index (Phi) is 4.92. The average Bonchev–Trinajstić information content (AvgIpc) is 3.36. The molecule has 1 N–H and O–H groups in total. The molecule has 10 heteroatoms. The van der Waals surface area contributed by atoms with Crippen LogP contribution in [0.5, 0.6) is 5.75 Å². The van der Waals surface area contributed by atoms with Crippen molar-refractivity contribution in [2.24, 2.45) is 0 Å². The van der Waals surface area contributed by atoms with E-state index in [2.05, 4.69) is 10.3 Å². The number of benzene rings is 1. The Morgan fingerprint density at radius 3 is 2.75 bits per heavy atom. The van der Waals surface area contributed by atoms with Crippen molar-refractivity contribution in [3.8, 4) is 5.75 Å². The molecule has 0 radical (unpaired) electrons. The SMILES string of the molecule is COc1ccc(S(=O)(=O)N2CCc3nc(NC(=O)c4ccoc4)sc3C2)cc1. The van der Waals surface area contributed by atoms with Crippen LogP contribution in [0.3, 0.4) is 0 Å². The fourth-order valence-corrected chi connectivity index (χ4v) is 5.40. The fraction of sp³-hybridized carbons (Fsp3) is 0.222. The van der Waals surface area contributed by atoms with E-state index in [1.165, 1.54) is 47.4 Å². The number of fused-ring (bicyclic) bond motifs is 1. The lowest BCUT2D eigenvalue weighted by molar-refractivity contribution is 0.102. The molecule has 0 fully saturated rings. The number of hydrogen-bond donors (Lipinski definition) is 1. The van der Waals surface area contributed by atoms with E-state index in [0.717, 1.165) is 10.6 Å². The highest BCUT2D eigenvalue weighted by Crippen LogP contribution is 2.31. The van der Waals surface area contributed by atoms with Gasteiger partial charge in [0.1, 0.15) is 12.0 Å². The van der Waals surface area contributed by atoms with E-state index >= 15 is 0 Å².